The van der Waals surface area contributed by atoms with E-state index in [0.29, 0.717) is 17.1 Å². The molecule has 106 valence electrons. The summed E-state index contributed by atoms with van der Waals surface area (Å²) in [5.41, 5.74) is 2.27. The van der Waals surface area contributed by atoms with Crippen molar-refractivity contribution in [3.05, 3.63) is 65.1 Å². The molecule has 5 heteroatoms. The minimum atomic E-state index is -0.386. The fourth-order valence-corrected chi connectivity index (χ4v) is 2.57. The van der Waals surface area contributed by atoms with E-state index in [1.807, 2.05) is 41.1 Å². The maximum absolute atomic E-state index is 11.4. The molecule has 0 bridgehead atoms. The van der Waals surface area contributed by atoms with Crippen molar-refractivity contribution in [1.29, 1.82) is 0 Å². The quantitative estimate of drug-likeness (QED) is 0.695. The van der Waals surface area contributed by atoms with Crippen LogP contribution in [0, 0.1) is 0 Å². The van der Waals surface area contributed by atoms with E-state index >= 15 is 0 Å². The molecular formula is C16H13ClN2O2. The van der Waals surface area contributed by atoms with Crippen LogP contribution in [0.2, 0.25) is 5.02 Å². The molecule has 0 aliphatic heterocycles. The Hall–Kier alpha value is -2.33. The molecule has 21 heavy (non-hydrogen) atoms. The molecule has 0 saturated carbocycles. The van der Waals surface area contributed by atoms with Gasteiger partial charge in [0.05, 0.1) is 35.5 Å². The Kier molecular flexibility index (Phi) is 3.62. The maximum atomic E-state index is 11.4. The van der Waals surface area contributed by atoms with Crippen molar-refractivity contribution in [2.24, 2.45) is 0 Å². The van der Waals surface area contributed by atoms with E-state index in [9.17, 15) is 4.79 Å². The third-order valence-corrected chi connectivity index (χ3v) is 3.62. The van der Waals surface area contributed by atoms with Crippen molar-refractivity contribution < 1.29 is 9.53 Å². The number of carbonyl (C=O) groups is 1. The first kappa shape index (κ1) is 13.6. The predicted octanol–water partition coefficient (Wildman–Crippen LogP) is 3.52. The molecular weight excluding hydrogens is 288 g/mol. The number of hydrogen-bond donors (Lipinski definition) is 0. The number of aromatic nitrogens is 2. The molecule has 2 heterocycles. The van der Waals surface area contributed by atoms with Gasteiger partial charge in [-0.1, -0.05) is 23.7 Å². The number of para-hydroxylation sites is 1. The lowest BCUT2D eigenvalue weighted by Crippen LogP contribution is -2.04. The maximum Gasteiger partial charge on any atom is 0.339 e. The molecule has 0 amide bonds. The van der Waals surface area contributed by atoms with Crippen molar-refractivity contribution in [3.8, 4) is 0 Å². The van der Waals surface area contributed by atoms with Crippen LogP contribution in [0.15, 0.2) is 48.8 Å². The van der Waals surface area contributed by atoms with Crippen LogP contribution < -0.4 is 0 Å². The third kappa shape index (κ3) is 2.62. The lowest BCUT2D eigenvalue weighted by atomic mass is 10.2. The second kappa shape index (κ2) is 5.58. The molecule has 0 spiro atoms. The van der Waals surface area contributed by atoms with Gasteiger partial charge < -0.3 is 9.30 Å². The van der Waals surface area contributed by atoms with Crippen LogP contribution in [0.3, 0.4) is 0 Å². The summed E-state index contributed by atoms with van der Waals surface area (Å²) >= 11 is 6.25. The average Bonchev–Trinajstić information content (AvgIpc) is 2.92. The highest BCUT2D eigenvalue weighted by Gasteiger charge is 2.08. The van der Waals surface area contributed by atoms with Gasteiger partial charge in [0.2, 0.25) is 0 Å². The minimum absolute atomic E-state index is 0.386. The van der Waals surface area contributed by atoms with Gasteiger partial charge in [-0.05, 0) is 24.3 Å². The molecule has 0 aliphatic rings. The van der Waals surface area contributed by atoms with E-state index in [2.05, 4.69) is 9.72 Å². The molecule has 0 atom stereocenters. The fourth-order valence-electron chi connectivity index (χ4n) is 2.28. The summed E-state index contributed by atoms with van der Waals surface area (Å²) in [6.45, 7) is 0.592. The van der Waals surface area contributed by atoms with Gasteiger partial charge in [0, 0.05) is 17.8 Å². The second-order valence-electron chi connectivity index (χ2n) is 4.65. The van der Waals surface area contributed by atoms with Gasteiger partial charge in [-0.3, -0.25) is 4.98 Å². The zero-order valence-electron chi connectivity index (χ0n) is 11.4. The van der Waals surface area contributed by atoms with Crippen LogP contribution in [-0.4, -0.2) is 22.6 Å². The first-order chi connectivity index (χ1) is 10.2. The molecule has 1 aromatic carbocycles. The number of rotatable bonds is 3. The topological polar surface area (TPSA) is 44.1 Å². The van der Waals surface area contributed by atoms with Crippen LogP contribution >= 0.6 is 11.6 Å². The molecule has 0 N–H and O–H groups in total. The van der Waals surface area contributed by atoms with Crippen LogP contribution in [-0.2, 0) is 11.3 Å². The van der Waals surface area contributed by atoms with Gasteiger partial charge in [-0.25, -0.2) is 4.79 Å². The fraction of sp³-hybridized carbons (Fsp3) is 0.125. The number of benzene rings is 1. The molecule has 3 aromatic rings. The molecule has 4 nitrogen and oxygen atoms in total. The minimum Gasteiger partial charge on any atom is -0.465 e. The predicted molar refractivity (Wildman–Crippen MR) is 81.6 cm³/mol. The summed E-state index contributed by atoms with van der Waals surface area (Å²) in [5.74, 6) is -0.386. The number of nitrogens with zero attached hydrogens (tertiary/aromatic N) is 2. The number of hydrogen-bond acceptors (Lipinski definition) is 3. The highest BCUT2D eigenvalue weighted by Crippen LogP contribution is 2.24. The molecule has 0 radical (unpaired) electrons. The molecule has 0 fully saturated rings. The third-order valence-electron chi connectivity index (χ3n) is 3.32. The number of esters is 1. The Bertz CT molecular complexity index is 794. The Balaban J connectivity index is 1.90. The number of halogens is 1. The number of pyridine rings is 1. The van der Waals surface area contributed by atoms with Gasteiger partial charge in [0.25, 0.3) is 0 Å². The highest BCUT2D eigenvalue weighted by atomic mass is 35.5. The summed E-state index contributed by atoms with van der Waals surface area (Å²) in [4.78, 5) is 15.7. The van der Waals surface area contributed by atoms with Crippen LogP contribution in [0.1, 0.15) is 16.1 Å². The molecule has 0 aliphatic carbocycles. The zero-order valence-corrected chi connectivity index (χ0v) is 12.2. The summed E-state index contributed by atoms with van der Waals surface area (Å²) in [5, 5.41) is 1.80. The van der Waals surface area contributed by atoms with Crippen LogP contribution in [0.4, 0.5) is 0 Å². The van der Waals surface area contributed by atoms with Gasteiger partial charge in [-0.2, -0.15) is 0 Å². The van der Waals surface area contributed by atoms with Crippen molar-refractivity contribution in [2.75, 3.05) is 7.11 Å². The van der Waals surface area contributed by atoms with Crippen LogP contribution in [0.25, 0.3) is 10.9 Å². The van der Waals surface area contributed by atoms with Crippen molar-refractivity contribution >= 4 is 28.5 Å². The van der Waals surface area contributed by atoms with E-state index < -0.39 is 0 Å². The van der Waals surface area contributed by atoms with Crippen molar-refractivity contribution in [2.45, 2.75) is 6.54 Å². The number of fused-ring (bicyclic) bond motifs is 1. The Morgan fingerprint density at radius 2 is 2.14 bits per heavy atom. The molecule has 0 unspecified atom stereocenters. The molecule has 3 rings (SSSR count). The Morgan fingerprint density at radius 3 is 2.86 bits per heavy atom. The smallest absolute Gasteiger partial charge is 0.339 e. The largest absolute Gasteiger partial charge is 0.465 e. The van der Waals surface area contributed by atoms with E-state index in [4.69, 9.17) is 11.6 Å². The number of carbonyl (C=O) groups excluding carboxylic acids is 1. The summed E-state index contributed by atoms with van der Waals surface area (Å²) < 4.78 is 6.69. The van der Waals surface area contributed by atoms with Gasteiger partial charge >= 0.3 is 5.97 Å². The van der Waals surface area contributed by atoms with Crippen LogP contribution in [0.5, 0.6) is 0 Å². The SMILES string of the molecule is COC(=O)c1ccc(Cn2ccc3cccc(Cl)c32)nc1. The van der Waals surface area contributed by atoms with E-state index in [0.717, 1.165) is 16.6 Å². The van der Waals surface area contributed by atoms with Crippen molar-refractivity contribution in [3.63, 3.8) is 0 Å². The van der Waals surface area contributed by atoms with E-state index in [-0.39, 0.29) is 5.97 Å². The molecule has 2 aromatic heterocycles. The molecule has 0 saturated heterocycles. The average molecular weight is 301 g/mol. The van der Waals surface area contributed by atoms with Gasteiger partial charge in [0.1, 0.15) is 0 Å². The summed E-state index contributed by atoms with van der Waals surface area (Å²) in [6.07, 6.45) is 3.50. The van der Waals surface area contributed by atoms with E-state index in [1.54, 1.807) is 6.07 Å². The Morgan fingerprint density at radius 1 is 1.29 bits per heavy atom. The first-order valence-corrected chi connectivity index (χ1v) is 6.83. The number of ether oxygens (including phenoxy) is 1. The number of methoxy groups -OCH3 is 1. The zero-order chi connectivity index (χ0) is 14.8. The normalized spacial score (nSPS) is 10.8. The summed E-state index contributed by atoms with van der Waals surface area (Å²) in [7, 11) is 1.35. The standard InChI is InChI=1S/C16H13ClN2O2/c1-21-16(20)12-5-6-13(18-9-12)10-19-8-7-11-3-2-4-14(17)15(11)19/h2-9H,10H2,1H3. The van der Waals surface area contributed by atoms with E-state index in [1.165, 1.54) is 13.3 Å². The monoisotopic (exact) mass is 300 g/mol. The van der Waals surface area contributed by atoms with Gasteiger partial charge in [-0.15, -0.1) is 0 Å². The first-order valence-electron chi connectivity index (χ1n) is 6.45. The second-order valence-corrected chi connectivity index (χ2v) is 5.06. The highest BCUT2D eigenvalue weighted by molar-refractivity contribution is 6.35. The Labute approximate surface area is 126 Å². The lowest BCUT2D eigenvalue weighted by Gasteiger charge is -2.07. The van der Waals surface area contributed by atoms with Gasteiger partial charge in [0.15, 0.2) is 0 Å². The van der Waals surface area contributed by atoms with Crippen molar-refractivity contribution in [1.82, 2.24) is 9.55 Å². The summed E-state index contributed by atoms with van der Waals surface area (Å²) in [6, 6.07) is 11.4. The lowest BCUT2D eigenvalue weighted by molar-refractivity contribution is 0.0600.